The summed E-state index contributed by atoms with van der Waals surface area (Å²) in [7, 11) is 0. The molecule has 0 radical (unpaired) electrons. The Morgan fingerprint density at radius 3 is 2.31 bits per heavy atom. The fraction of sp³-hybridized carbons (Fsp3) is 0.500. The molecule has 5 aliphatic rings. The molecule has 7 heteroatoms. The highest BCUT2D eigenvalue weighted by Crippen LogP contribution is 2.50. The van der Waals surface area contributed by atoms with E-state index in [9.17, 15) is 10.4 Å². The van der Waals surface area contributed by atoms with Gasteiger partial charge in [0, 0.05) is 30.1 Å². The van der Waals surface area contributed by atoms with Gasteiger partial charge in [0.15, 0.2) is 5.72 Å². The summed E-state index contributed by atoms with van der Waals surface area (Å²) in [5.41, 5.74) is 1.21. The quantitative estimate of drug-likeness (QED) is 0.758. The van der Waals surface area contributed by atoms with Gasteiger partial charge in [0.1, 0.15) is 11.1 Å². The number of fused-ring (bicyclic) bond motifs is 1. The van der Waals surface area contributed by atoms with E-state index in [1.54, 1.807) is 11.3 Å². The molecule has 0 saturated carbocycles. The third-order valence-corrected chi connectivity index (χ3v) is 8.27. The van der Waals surface area contributed by atoms with Crippen LogP contribution in [0.2, 0.25) is 0 Å². The maximum atomic E-state index is 12.4. The van der Waals surface area contributed by atoms with Crippen molar-refractivity contribution in [1.29, 1.82) is 5.26 Å². The van der Waals surface area contributed by atoms with E-state index in [1.807, 2.05) is 30.3 Å². The van der Waals surface area contributed by atoms with Gasteiger partial charge >= 0.3 is 0 Å². The fourth-order valence-electron chi connectivity index (χ4n) is 6.03. The number of benzene rings is 1. The van der Waals surface area contributed by atoms with Crippen molar-refractivity contribution in [2.45, 2.75) is 25.0 Å². The van der Waals surface area contributed by atoms with Crippen molar-refractivity contribution in [1.82, 2.24) is 14.7 Å². The van der Waals surface area contributed by atoms with Gasteiger partial charge in [-0.25, -0.2) is 0 Å². The minimum atomic E-state index is -1.24. The number of hydrogen-bond donors (Lipinski definition) is 2. The van der Waals surface area contributed by atoms with Gasteiger partial charge in [-0.15, -0.1) is 11.3 Å². The lowest BCUT2D eigenvalue weighted by Gasteiger charge is -2.64. The third kappa shape index (κ3) is 2.54. The molecule has 4 bridgehead atoms. The number of thiophene rings is 1. The molecule has 4 fully saturated rings. The average Bonchev–Trinajstić information content (AvgIpc) is 3.28. The highest BCUT2D eigenvalue weighted by molar-refractivity contribution is 7.16. The van der Waals surface area contributed by atoms with Gasteiger partial charge in [0.05, 0.1) is 31.0 Å². The van der Waals surface area contributed by atoms with E-state index in [2.05, 4.69) is 26.1 Å². The first-order chi connectivity index (χ1) is 14.1. The lowest BCUT2D eigenvalue weighted by molar-refractivity contribution is -0.231. The van der Waals surface area contributed by atoms with Gasteiger partial charge in [-0.1, -0.05) is 30.3 Å². The Balaban J connectivity index is 1.47. The lowest BCUT2D eigenvalue weighted by atomic mass is 9.69. The van der Waals surface area contributed by atoms with Gasteiger partial charge < -0.3 is 10.4 Å². The van der Waals surface area contributed by atoms with Crippen molar-refractivity contribution in [2.75, 3.05) is 45.0 Å². The van der Waals surface area contributed by atoms with Crippen LogP contribution in [0.4, 0.5) is 5.00 Å². The van der Waals surface area contributed by atoms with E-state index < -0.39 is 5.72 Å². The van der Waals surface area contributed by atoms with E-state index in [0.29, 0.717) is 0 Å². The Kier molecular flexibility index (Phi) is 3.87. The van der Waals surface area contributed by atoms with Crippen LogP contribution < -0.4 is 5.32 Å². The van der Waals surface area contributed by atoms with Crippen LogP contribution in [0.1, 0.15) is 28.0 Å². The minimum absolute atomic E-state index is 0.357. The highest BCUT2D eigenvalue weighted by atomic mass is 32.1. The summed E-state index contributed by atoms with van der Waals surface area (Å²) in [6, 6.07) is 12.4. The SMILES string of the molecule is N#Cc1c(NC(O)(c2ccccc2)C23CN4CN(CN(C4)C2)C3)sc2c1CCC2. The number of rotatable bonds is 4. The molecule has 2 aromatic rings. The second kappa shape index (κ2) is 6.27. The van der Waals surface area contributed by atoms with Gasteiger partial charge in [-0.2, -0.15) is 5.26 Å². The second-order valence-corrected chi connectivity index (χ2v) is 10.2. The van der Waals surface area contributed by atoms with E-state index in [4.69, 9.17) is 0 Å². The molecule has 29 heavy (non-hydrogen) atoms. The van der Waals surface area contributed by atoms with Crippen molar-refractivity contribution < 1.29 is 5.11 Å². The number of nitrogens with zero attached hydrogens (tertiary/aromatic N) is 4. The predicted molar refractivity (Wildman–Crippen MR) is 112 cm³/mol. The Morgan fingerprint density at radius 1 is 1.03 bits per heavy atom. The van der Waals surface area contributed by atoms with Gasteiger partial charge in [-0.05, 0) is 24.8 Å². The van der Waals surface area contributed by atoms with Crippen LogP contribution in [0.25, 0.3) is 0 Å². The monoisotopic (exact) mass is 407 g/mol. The highest BCUT2D eigenvalue weighted by Gasteiger charge is 2.60. The third-order valence-electron chi connectivity index (χ3n) is 7.07. The topological polar surface area (TPSA) is 65.8 Å². The van der Waals surface area contributed by atoms with Gasteiger partial charge in [-0.3, -0.25) is 14.7 Å². The molecule has 1 aliphatic carbocycles. The Bertz CT molecular complexity index is 961. The zero-order valence-corrected chi connectivity index (χ0v) is 17.2. The number of anilines is 1. The first-order valence-electron chi connectivity index (χ1n) is 10.4. The smallest absolute Gasteiger partial charge is 0.172 e. The van der Waals surface area contributed by atoms with Crippen LogP contribution in [0.3, 0.4) is 0 Å². The predicted octanol–water partition coefficient (Wildman–Crippen LogP) is 2.17. The summed E-state index contributed by atoms with van der Waals surface area (Å²) in [5.74, 6) is 0. The zero-order valence-electron chi connectivity index (χ0n) is 16.4. The number of aliphatic hydroxyl groups is 1. The second-order valence-electron chi connectivity index (χ2n) is 9.07. The maximum Gasteiger partial charge on any atom is 0.172 e. The summed E-state index contributed by atoms with van der Waals surface area (Å²) >= 11 is 1.66. The average molecular weight is 408 g/mol. The van der Waals surface area contributed by atoms with Crippen LogP contribution in [-0.4, -0.2) is 59.4 Å². The molecule has 2 N–H and O–H groups in total. The van der Waals surface area contributed by atoms with Gasteiger partial charge in [0.25, 0.3) is 0 Å². The van der Waals surface area contributed by atoms with Crippen LogP contribution >= 0.6 is 11.3 Å². The van der Waals surface area contributed by atoms with Crippen LogP contribution in [0.5, 0.6) is 0 Å². The number of aryl methyl sites for hydroxylation is 1. The lowest BCUT2D eigenvalue weighted by Crippen LogP contribution is -2.78. The zero-order chi connectivity index (χ0) is 19.6. The summed E-state index contributed by atoms with van der Waals surface area (Å²) in [6.45, 7) is 5.47. The number of hydrogen-bond acceptors (Lipinski definition) is 7. The van der Waals surface area contributed by atoms with Crippen LogP contribution in [0, 0.1) is 16.7 Å². The molecular weight excluding hydrogens is 382 g/mol. The van der Waals surface area contributed by atoms with E-state index in [0.717, 1.165) is 75.0 Å². The van der Waals surface area contributed by atoms with Crippen molar-refractivity contribution in [3.05, 3.63) is 51.9 Å². The van der Waals surface area contributed by atoms with Crippen LogP contribution in [0.15, 0.2) is 30.3 Å². The Morgan fingerprint density at radius 2 is 1.69 bits per heavy atom. The molecule has 1 unspecified atom stereocenters. The molecule has 0 amide bonds. The fourth-order valence-corrected chi connectivity index (χ4v) is 7.32. The van der Waals surface area contributed by atoms with E-state index >= 15 is 0 Å². The molecule has 0 spiro atoms. The molecule has 6 nitrogen and oxygen atoms in total. The molecule has 1 atom stereocenters. The molecule has 7 rings (SSSR count). The molecular formula is C22H25N5OS. The normalized spacial score (nSPS) is 33.9. The standard InChI is InChI=1S/C22H25N5OS/c23-9-18-17-7-4-8-19(17)29-20(18)24-22(28,16-5-2-1-3-6-16)21-10-25-13-26(11-21)15-27(12-21)14-25/h1-3,5-6,24,28H,4,7-8,10-15H2. The molecule has 1 aromatic heterocycles. The van der Waals surface area contributed by atoms with Crippen molar-refractivity contribution >= 4 is 16.3 Å². The Labute approximate surface area is 175 Å². The van der Waals surface area contributed by atoms with Crippen LogP contribution in [-0.2, 0) is 18.6 Å². The number of nitrogens with one attached hydrogen (secondary N) is 1. The largest absolute Gasteiger partial charge is 0.366 e. The molecule has 4 saturated heterocycles. The molecule has 150 valence electrons. The van der Waals surface area contributed by atoms with Crippen molar-refractivity contribution in [3.8, 4) is 6.07 Å². The number of nitriles is 1. The van der Waals surface area contributed by atoms with Crippen molar-refractivity contribution in [2.24, 2.45) is 5.41 Å². The summed E-state index contributed by atoms with van der Waals surface area (Å²) in [4.78, 5) is 8.57. The summed E-state index contributed by atoms with van der Waals surface area (Å²) < 4.78 is 0. The molecule has 5 heterocycles. The first kappa shape index (κ1) is 17.9. The molecule has 4 aliphatic heterocycles. The summed E-state index contributed by atoms with van der Waals surface area (Å²) in [6.07, 6.45) is 3.14. The van der Waals surface area contributed by atoms with E-state index in [1.165, 1.54) is 10.4 Å². The Hall–Kier alpha value is -1.95. The maximum absolute atomic E-state index is 12.4. The summed E-state index contributed by atoms with van der Waals surface area (Å²) in [5, 5.41) is 26.7. The minimum Gasteiger partial charge on any atom is -0.366 e. The molecule has 1 aromatic carbocycles. The van der Waals surface area contributed by atoms with E-state index in [-0.39, 0.29) is 5.41 Å². The van der Waals surface area contributed by atoms with Gasteiger partial charge in [0.2, 0.25) is 0 Å². The van der Waals surface area contributed by atoms with Crippen molar-refractivity contribution in [3.63, 3.8) is 0 Å². The first-order valence-corrected chi connectivity index (χ1v) is 11.2.